The van der Waals surface area contributed by atoms with E-state index in [-0.39, 0.29) is 36.3 Å². The summed E-state index contributed by atoms with van der Waals surface area (Å²) < 4.78 is 38.7. The van der Waals surface area contributed by atoms with Crippen molar-refractivity contribution >= 4 is 17.3 Å². The summed E-state index contributed by atoms with van der Waals surface area (Å²) in [4.78, 5) is 31.1. The monoisotopic (exact) mass is 450 g/mol. The summed E-state index contributed by atoms with van der Waals surface area (Å²) in [6, 6.07) is 3.35. The molecular formula is C23H32F2N4O3. The van der Waals surface area contributed by atoms with Crippen LogP contribution in [0.3, 0.4) is 0 Å². The molecule has 2 fully saturated rings. The Labute approximate surface area is 186 Å². The first-order chi connectivity index (χ1) is 14.6. The minimum absolute atomic E-state index is 0.0778. The highest BCUT2D eigenvalue weighted by molar-refractivity contribution is 5.73. The molecule has 2 aromatic heterocycles. The quantitative estimate of drug-likeness (QED) is 0.695. The number of nitrogens with zero attached hydrogens (tertiary/aromatic N) is 4. The molecule has 1 amide bonds. The van der Waals surface area contributed by atoms with Crippen LogP contribution < -0.4 is 5.69 Å². The zero-order chi connectivity index (χ0) is 23.9. The molecule has 0 N–H and O–H groups in total. The van der Waals surface area contributed by atoms with Gasteiger partial charge in [-0.1, -0.05) is 20.8 Å². The average molecular weight is 451 g/mol. The van der Waals surface area contributed by atoms with E-state index < -0.39 is 28.9 Å². The van der Waals surface area contributed by atoms with Gasteiger partial charge in [0.25, 0.3) is 5.92 Å². The topological polar surface area (TPSA) is 69.4 Å². The van der Waals surface area contributed by atoms with Crippen LogP contribution >= 0.6 is 0 Å². The van der Waals surface area contributed by atoms with Gasteiger partial charge in [0.2, 0.25) is 0 Å². The number of rotatable bonds is 2. The Bertz CT molecular complexity index is 1140. The summed E-state index contributed by atoms with van der Waals surface area (Å²) in [5.41, 5.74) is -1.11. The molecule has 2 aromatic rings. The van der Waals surface area contributed by atoms with Crippen molar-refractivity contribution in [3.63, 3.8) is 0 Å². The summed E-state index contributed by atoms with van der Waals surface area (Å²) >= 11 is 0. The summed E-state index contributed by atoms with van der Waals surface area (Å²) in [5.74, 6) is -3.99. The fourth-order valence-corrected chi connectivity index (χ4v) is 4.89. The summed E-state index contributed by atoms with van der Waals surface area (Å²) in [6.45, 7) is 11.9. The lowest BCUT2D eigenvalue weighted by molar-refractivity contribution is 0.0194. The van der Waals surface area contributed by atoms with Gasteiger partial charge in [-0.3, -0.25) is 9.13 Å². The smallest absolute Gasteiger partial charge is 0.410 e. The fraction of sp³-hybridized carbons (Fsp3) is 0.696. The van der Waals surface area contributed by atoms with Crippen molar-refractivity contribution in [3.8, 4) is 0 Å². The Hall–Kier alpha value is -2.45. The predicted molar refractivity (Wildman–Crippen MR) is 117 cm³/mol. The number of hydrogen-bond acceptors (Lipinski definition) is 4. The van der Waals surface area contributed by atoms with E-state index in [1.807, 2.05) is 20.8 Å². The van der Waals surface area contributed by atoms with Gasteiger partial charge in [0.1, 0.15) is 5.60 Å². The molecule has 32 heavy (non-hydrogen) atoms. The largest absolute Gasteiger partial charge is 0.444 e. The average Bonchev–Trinajstić information content (AvgIpc) is 3.08. The Balaban J connectivity index is 1.67. The summed E-state index contributed by atoms with van der Waals surface area (Å²) in [7, 11) is 1.62. The van der Waals surface area contributed by atoms with Gasteiger partial charge in [0.15, 0.2) is 5.65 Å². The number of ether oxygens (including phenoxy) is 1. The van der Waals surface area contributed by atoms with Crippen molar-refractivity contribution in [2.75, 3.05) is 13.1 Å². The first kappa shape index (κ1) is 22.7. The molecule has 2 aliphatic rings. The van der Waals surface area contributed by atoms with Gasteiger partial charge in [-0.15, -0.1) is 0 Å². The Morgan fingerprint density at radius 2 is 1.88 bits per heavy atom. The Morgan fingerprint density at radius 1 is 1.22 bits per heavy atom. The molecule has 1 aliphatic carbocycles. The Kier molecular flexibility index (Phi) is 4.81. The van der Waals surface area contributed by atoms with Crippen molar-refractivity contribution in [1.82, 2.24) is 19.0 Å². The van der Waals surface area contributed by atoms with E-state index in [1.165, 1.54) is 9.47 Å². The zero-order valence-electron chi connectivity index (χ0n) is 19.8. The van der Waals surface area contributed by atoms with E-state index in [0.29, 0.717) is 17.7 Å². The minimum atomic E-state index is -2.97. The van der Waals surface area contributed by atoms with E-state index in [1.54, 1.807) is 44.5 Å². The van der Waals surface area contributed by atoms with E-state index in [2.05, 4.69) is 4.98 Å². The third-order valence-electron chi connectivity index (χ3n) is 6.45. The zero-order valence-corrected chi connectivity index (χ0v) is 19.8. The van der Waals surface area contributed by atoms with E-state index in [0.717, 1.165) is 0 Å². The first-order valence-electron chi connectivity index (χ1n) is 11.0. The second-order valence-corrected chi connectivity index (χ2v) is 11.4. The molecule has 176 valence electrons. The molecule has 4 rings (SSSR count). The fourth-order valence-electron chi connectivity index (χ4n) is 4.89. The SMILES string of the molecule is Cn1c(=O)n(CC(C)(C)C)c2ccc(C34CCN(C(=O)OC(C)(C)C)CC3C4(F)F)nc21. The number of halogens is 2. The number of likely N-dealkylation sites (tertiary alicyclic amines) is 1. The number of aryl methyl sites for hydroxylation is 1. The second-order valence-electron chi connectivity index (χ2n) is 11.4. The lowest BCUT2D eigenvalue weighted by atomic mass is 9.90. The number of pyridine rings is 1. The third-order valence-corrected chi connectivity index (χ3v) is 6.45. The maximum atomic E-state index is 15.1. The van der Waals surface area contributed by atoms with Crippen LogP contribution in [0.5, 0.6) is 0 Å². The highest BCUT2D eigenvalue weighted by atomic mass is 19.3. The van der Waals surface area contributed by atoms with Crippen LogP contribution in [0, 0.1) is 11.3 Å². The van der Waals surface area contributed by atoms with Crippen molar-refractivity contribution < 1.29 is 18.3 Å². The van der Waals surface area contributed by atoms with Crippen LogP contribution in [-0.2, 0) is 23.7 Å². The predicted octanol–water partition coefficient (Wildman–Crippen LogP) is 3.92. The number of piperidine rings is 1. The summed E-state index contributed by atoms with van der Waals surface area (Å²) in [6.07, 6.45) is -0.474. The van der Waals surface area contributed by atoms with Gasteiger partial charge < -0.3 is 9.64 Å². The molecule has 1 saturated carbocycles. The molecule has 7 nitrogen and oxygen atoms in total. The second kappa shape index (κ2) is 6.78. The number of amides is 1. The van der Waals surface area contributed by atoms with Crippen LogP contribution in [-0.4, -0.2) is 49.7 Å². The maximum absolute atomic E-state index is 15.1. The van der Waals surface area contributed by atoms with Crippen LogP contribution in [0.4, 0.5) is 13.6 Å². The molecular weight excluding hydrogens is 418 g/mol. The highest BCUT2D eigenvalue weighted by Crippen LogP contribution is 2.69. The number of carbonyl (C=O) groups excluding carboxylic acids is 1. The van der Waals surface area contributed by atoms with Gasteiger partial charge in [-0.05, 0) is 44.7 Å². The molecule has 0 radical (unpaired) electrons. The molecule has 2 atom stereocenters. The van der Waals surface area contributed by atoms with Crippen molar-refractivity contribution in [2.24, 2.45) is 18.4 Å². The van der Waals surface area contributed by atoms with Gasteiger partial charge in [0, 0.05) is 26.7 Å². The normalized spacial score (nSPS) is 25.0. The van der Waals surface area contributed by atoms with E-state index in [9.17, 15) is 9.59 Å². The van der Waals surface area contributed by atoms with Gasteiger partial charge in [-0.2, -0.15) is 0 Å². The number of fused-ring (bicyclic) bond motifs is 2. The van der Waals surface area contributed by atoms with Gasteiger partial charge >= 0.3 is 11.8 Å². The van der Waals surface area contributed by atoms with Crippen molar-refractivity contribution in [1.29, 1.82) is 0 Å². The molecule has 1 aliphatic heterocycles. The van der Waals surface area contributed by atoms with Crippen LogP contribution in [0.2, 0.25) is 0 Å². The van der Waals surface area contributed by atoms with Crippen LogP contribution in [0.15, 0.2) is 16.9 Å². The van der Waals surface area contributed by atoms with Gasteiger partial charge in [0.05, 0.1) is 22.5 Å². The standard InChI is InChI=1S/C23H32F2N4O3/c1-20(2,3)13-29-14-8-9-16(26-17(14)27(7)18(29)30)22-10-11-28(12-15(22)23(22,24)25)19(31)32-21(4,5)6/h8-9,15H,10-13H2,1-7H3. The molecule has 2 unspecified atom stereocenters. The molecule has 1 saturated heterocycles. The van der Waals surface area contributed by atoms with Crippen molar-refractivity contribution in [3.05, 3.63) is 28.3 Å². The summed E-state index contributed by atoms with van der Waals surface area (Å²) in [5, 5.41) is 0. The number of hydrogen-bond donors (Lipinski definition) is 0. The third kappa shape index (κ3) is 3.40. The molecule has 0 spiro atoms. The maximum Gasteiger partial charge on any atom is 0.410 e. The number of carbonyl (C=O) groups is 1. The molecule has 0 aromatic carbocycles. The number of imidazole rings is 1. The van der Waals surface area contributed by atoms with Crippen LogP contribution in [0.25, 0.3) is 11.2 Å². The molecule has 0 bridgehead atoms. The lowest BCUT2D eigenvalue weighted by Crippen LogP contribution is -2.43. The van der Waals surface area contributed by atoms with Crippen molar-refractivity contribution in [2.45, 2.75) is 71.4 Å². The minimum Gasteiger partial charge on any atom is -0.444 e. The highest BCUT2D eigenvalue weighted by Gasteiger charge is 2.83. The number of aromatic nitrogens is 3. The molecule has 3 heterocycles. The van der Waals surface area contributed by atoms with E-state index >= 15 is 8.78 Å². The van der Waals surface area contributed by atoms with Gasteiger partial charge in [-0.25, -0.2) is 23.4 Å². The Morgan fingerprint density at radius 3 is 2.44 bits per heavy atom. The molecule has 9 heteroatoms. The van der Waals surface area contributed by atoms with E-state index in [4.69, 9.17) is 4.74 Å². The van der Waals surface area contributed by atoms with Crippen LogP contribution in [0.1, 0.15) is 53.7 Å². The lowest BCUT2D eigenvalue weighted by Gasteiger charge is -2.31. The first-order valence-corrected chi connectivity index (χ1v) is 11.0. The number of alkyl halides is 2.